The van der Waals surface area contributed by atoms with Crippen molar-refractivity contribution >= 4 is 11.9 Å². The summed E-state index contributed by atoms with van der Waals surface area (Å²) in [7, 11) is 0. The predicted molar refractivity (Wildman–Crippen MR) is 135 cm³/mol. The Kier molecular flexibility index (Phi) is 14.7. The average Bonchev–Trinajstić information content (AvgIpc) is 2.82. The highest BCUT2D eigenvalue weighted by Crippen LogP contribution is 2.08. The lowest BCUT2D eigenvalue weighted by Crippen LogP contribution is -2.38. The highest BCUT2D eigenvalue weighted by Gasteiger charge is 2.13. The molecule has 0 spiro atoms. The zero-order valence-electron chi connectivity index (χ0n) is 21.0. The first-order valence-corrected chi connectivity index (χ1v) is 12.3. The lowest BCUT2D eigenvalue weighted by Gasteiger charge is -2.25. The van der Waals surface area contributed by atoms with Gasteiger partial charge in [-0.3, -0.25) is 24.3 Å². The fraction of sp³-hybridized carbons (Fsp3) is 0.615. The number of carboxylic acid groups (broad SMARTS) is 2. The quantitative estimate of drug-likeness (QED) is 0.508. The Bertz CT molecular complexity index is 777. The Hall–Kier alpha value is -2.52. The van der Waals surface area contributed by atoms with Crippen molar-refractivity contribution in [1.29, 1.82) is 0 Å². The molecule has 1 aliphatic heterocycles. The molecule has 1 heterocycles. The van der Waals surface area contributed by atoms with E-state index >= 15 is 0 Å². The molecule has 1 aromatic rings. The van der Waals surface area contributed by atoms with Crippen molar-refractivity contribution in [3.63, 3.8) is 0 Å². The number of benzene rings is 1. The van der Waals surface area contributed by atoms with Crippen LogP contribution < -0.4 is 0 Å². The molecule has 10 nitrogen and oxygen atoms in total. The number of ether oxygens (including phenoxy) is 3. The van der Waals surface area contributed by atoms with Gasteiger partial charge in [0.1, 0.15) is 0 Å². The van der Waals surface area contributed by atoms with Gasteiger partial charge in [0.25, 0.3) is 0 Å². The van der Waals surface area contributed by atoms with Crippen LogP contribution in [0.3, 0.4) is 0 Å². The Morgan fingerprint density at radius 3 is 1.42 bits per heavy atom. The van der Waals surface area contributed by atoms with Crippen LogP contribution in [0, 0.1) is 12.3 Å². The third-order valence-electron chi connectivity index (χ3n) is 5.76. The van der Waals surface area contributed by atoms with Crippen LogP contribution in [-0.2, 0) is 36.8 Å². The number of carboxylic acids is 2. The second-order valence-corrected chi connectivity index (χ2v) is 8.65. The van der Waals surface area contributed by atoms with E-state index in [9.17, 15) is 19.8 Å². The molecule has 0 atom stereocenters. The molecule has 0 bridgehead atoms. The van der Waals surface area contributed by atoms with E-state index in [2.05, 4.69) is 23.0 Å². The fourth-order valence-electron chi connectivity index (χ4n) is 3.80. The molecular formula is C26H39N3O7. The summed E-state index contributed by atoms with van der Waals surface area (Å²) in [5.41, 5.74) is 2.27. The zero-order valence-corrected chi connectivity index (χ0v) is 21.0. The Morgan fingerprint density at radius 1 is 0.694 bits per heavy atom. The van der Waals surface area contributed by atoms with E-state index in [1.54, 1.807) is 9.80 Å². The van der Waals surface area contributed by atoms with Crippen molar-refractivity contribution in [1.82, 2.24) is 14.7 Å². The van der Waals surface area contributed by atoms with Gasteiger partial charge in [0.05, 0.1) is 52.7 Å². The van der Waals surface area contributed by atoms with Gasteiger partial charge in [0.2, 0.25) is 0 Å². The number of terminal acetylenes is 1. The van der Waals surface area contributed by atoms with Crippen LogP contribution in [0.2, 0.25) is 0 Å². The number of hydrogen-bond donors (Lipinski definition) is 2. The fourth-order valence-corrected chi connectivity index (χ4v) is 3.80. The minimum absolute atomic E-state index is 0.0863. The molecule has 1 fully saturated rings. The van der Waals surface area contributed by atoms with Gasteiger partial charge in [0.15, 0.2) is 0 Å². The summed E-state index contributed by atoms with van der Waals surface area (Å²) in [6, 6.07) is 8.25. The van der Waals surface area contributed by atoms with E-state index in [1.165, 1.54) is 0 Å². The summed E-state index contributed by atoms with van der Waals surface area (Å²) in [6.45, 7) is 6.43. The second-order valence-electron chi connectivity index (χ2n) is 8.65. The molecule has 0 unspecified atom stereocenters. The highest BCUT2D eigenvalue weighted by molar-refractivity contribution is 5.69. The van der Waals surface area contributed by atoms with Gasteiger partial charge in [0, 0.05) is 52.2 Å². The molecule has 0 saturated carbocycles. The van der Waals surface area contributed by atoms with Gasteiger partial charge in [-0.25, -0.2) is 0 Å². The summed E-state index contributed by atoms with van der Waals surface area (Å²) < 4.78 is 17.3. The van der Waals surface area contributed by atoms with E-state index in [0.717, 1.165) is 17.7 Å². The molecule has 10 heteroatoms. The molecule has 1 aliphatic rings. The van der Waals surface area contributed by atoms with Crippen LogP contribution in [0.5, 0.6) is 0 Å². The van der Waals surface area contributed by atoms with Crippen LogP contribution in [-0.4, -0.2) is 129 Å². The minimum Gasteiger partial charge on any atom is -0.480 e. The maximum Gasteiger partial charge on any atom is 0.317 e. The van der Waals surface area contributed by atoms with Crippen molar-refractivity contribution in [3.8, 4) is 12.3 Å². The standard InChI is InChI=1S/C26H39N3O7/c1-2-3-23-4-6-24(7-5-23)20-27-8-14-34-16-10-28(21-25(30)31)12-18-36-19-13-29(22-26(32)33)11-17-35-15-9-27/h1,4-7H,3,8-22H2,(H,30,31)(H,32,33). The summed E-state index contributed by atoms with van der Waals surface area (Å²) in [5, 5.41) is 18.4. The number of nitrogens with zero attached hydrogens (tertiary/aromatic N) is 3. The molecule has 200 valence electrons. The molecule has 2 N–H and O–H groups in total. The Balaban J connectivity index is 1.96. The highest BCUT2D eigenvalue weighted by atomic mass is 16.5. The first-order valence-electron chi connectivity index (χ1n) is 12.3. The molecule has 1 aromatic carbocycles. The van der Waals surface area contributed by atoms with Gasteiger partial charge in [-0.15, -0.1) is 12.3 Å². The smallest absolute Gasteiger partial charge is 0.317 e. The Morgan fingerprint density at radius 2 is 1.06 bits per heavy atom. The normalized spacial score (nSPS) is 19.1. The summed E-state index contributed by atoms with van der Waals surface area (Å²) in [4.78, 5) is 28.2. The number of hydrogen-bond acceptors (Lipinski definition) is 8. The molecule has 0 aliphatic carbocycles. The van der Waals surface area contributed by atoms with Crippen molar-refractivity contribution in [2.45, 2.75) is 13.0 Å². The van der Waals surface area contributed by atoms with Crippen LogP contribution in [0.15, 0.2) is 24.3 Å². The largest absolute Gasteiger partial charge is 0.480 e. The third-order valence-corrected chi connectivity index (χ3v) is 5.76. The van der Waals surface area contributed by atoms with Gasteiger partial charge < -0.3 is 24.4 Å². The topological polar surface area (TPSA) is 112 Å². The lowest BCUT2D eigenvalue weighted by molar-refractivity contribution is -0.139. The predicted octanol–water partition coefficient (Wildman–Crippen LogP) is 0.501. The van der Waals surface area contributed by atoms with Gasteiger partial charge in [-0.05, 0) is 11.1 Å². The number of carbonyl (C=O) groups is 2. The lowest BCUT2D eigenvalue weighted by atomic mass is 10.1. The van der Waals surface area contributed by atoms with Crippen molar-refractivity contribution in [2.75, 3.05) is 92.0 Å². The van der Waals surface area contributed by atoms with Crippen LogP contribution in [0.1, 0.15) is 11.1 Å². The Labute approximate surface area is 213 Å². The van der Waals surface area contributed by atoms with Crippen molar-refractivity contribution in [2.24, 2.45) is 0 Å². The monoisotopic (exact) mass is 505 g/mol. The average molecular weight is 506 g/mol. The minimum atomic E-state index is -0.899. The van der Waals surface area contributed by atoms with Crippen molar-refractivity contribution < 1.29 is 34.0 Å². The third kappa shape index (κ3) is 13.5. The van der Waals surface area contributed by atoms with Crippen LogP contribution >= 0.6 is 0 Å². The summed E-state index contributed by atoms with van der Waals surface area (Å²) >= 11 is 0. The number of aliphatic carboxylic acids is 2. The molecule has 0 aromatic heterocycles. The zero-order chi connectivity index (χ0) is 26.0. The molecule has 0 radical (unpaired) electrons. The maximum atomic E-state index is 11.2. The SMILES string of the molecule is C#CCc1ccc(CN2CCOCCN(CC(=O)O)CCOCCN(CC(=O)O)CCOCC2)cc1. The maximum absolute atomic E-state index is 11.2. The molecular weight excluding hydrogens is 466 g/mol. The molecule has 0 amide bonds. The van der Waals surface area contributed by atoms with Crippen LogP contribution in [0.4, 0.5) is 0 Å². The number of rotatable bonds is 7. The van der Waals surface area contributed by atoms with Gasteiger partial charge >= 0.3 is 11.9 Å². The van der Waals surface area contributed by atoms with E-state index < -0.39 is 11.9 Å². The summed E-state index contributed by atoms with van der Waals surface area (Å²) in [5.74, 6) is 0.856. The van der Waals surface area contributed by atoms with Crippen LogP contribution in [0.25, 0.3) is 0 Å². The van der Waals surface area contributed by atoms with E-state index in [0.29, 0.717) is 85.3 Å². The van der Waals surface area contributed by atoms with Crippen molar-refractivity contribution in [3.05, 3.63) is 35.4 Å². The molecule has 36 heavy (non-hydrogen) atoms. The summed E-state index contributed by atoms with van der Waals surface area (Å²) in [6.07, 6.45) is 6.00. The van der Waals surface area contributed by atoms with E-state index in [-0.39, 0.29) is 13.1 Å². The molecule has 2 rings (SSSR count). The first kappa shape index (κ1) is 29.7. The molecule has 1 saturated heterocycles. The second kappa shape index (κ2) is 17.8. The van der Waals surface area contributed by atoms with Gasteiger partial charge in [-0.2, -0.15) is 0 Å². The van der Waals surface area contributed by atoms with E-state index in [1.807, 2.05) is 12.1 Å². The first-order chi connectivity index (χ1) is 17.5. The van der Waals surface area contributed by atoms with Gasteiger partial charge in [-0.1, -0.05) is 24.3 Å². The van der Waals surface area contributed by atoms with E-state index in [4.69, 9.17) is 20.6 Å².